The van der Waals surface area contributed by atoms with Gasteiger partial charge in [0.05, 0.1) is 0 Å². The number of carbonyl (C=O) groups is 1. The Morgan fingerprint density at radius 3 is 2.95 bits per heavy atom. The van der Waals surface area contributed by atoms with Crippen molar-refractivity contribution >= 4 is 22.9 Å². The van der Waals surface area contributed by atoms with E-state index in [1.165, 1.54) is 4.88 Å². The molecule has 20 heavy (non-hydrogen) atoms. The third-order valence-corrected chi connectivity index (χ3v) is 3.62. The van der Waals surface area contributed by atoms with Gasteiger partial charge in [0.25, 0.3) is 5.91 Å². The van der Waals surface area contributed by atoms with Crippen molar-refractivity contribution in [1.29, 1.82) is 0 Å². The van der Waals surface area contributed by atoms with Crippen LogP contribution in [0.15, 0.2) is 41.8 Å². The van der Waals surface area contributed by atoms with Crippen LogP contribution in [0.3, 0.4) is 0 Å². The Bertz CT molecular complexity index is 555. The number of carbonyl (C=O) groups excluding carboxylic acids is 1. The molecule has 0 spiro atoms. The molecule has 0 saturated heterocycles. The fraction of sp³-hybridized carbons (Fsp3) is 0.267. The molecule has 3 N–H and O–H groups in total. The number of rotatable bonds is 6. The first-order chi connectivity index (χ1) is 9.63. The molecular weight excluding hydrogens is 272 g/mol. The molecule has 1 amide bonds. The first-order valence-corrected chi connectivity index (χ1v) is 7.31. The minimum atomic E-state index is -0.128. The van der Waals surface area contributed by atoms with E-state index in [4.69, 9.17) is 10.5 Å². The van der Waals surface area contributed by atoms with E-state index in [0.717, 1.165) is 6.42 Å². The van der Waals surface area contributed by atoms with Gasteiger partial charge in [-0.1, -0.05) is 12.1 Å². The Morgan fingerprint density at radius 2 is 2.25 bits per heavy atom. The van der Waals surface area contributed by atoms with E-state index in [9.17, 15) is 4.79 Å². The Balaban J connectivity index is 1.75. The molecule has 0 aliphatic rings. The average molecular weight is 290 g/mol. The highest BCUT2D eigenvalue weighted by atomic mass is 32.1. The lowest BCUT2D eigenvalue weighted by Gasteiger charge is -2.13. The summed E-state index contributed by atoms with van der Waals surface area (Å²) in [5, 5.41) is 4.95. The number of hydrogen-bond donors (Lipinski definition) is 2. The summed E-state index contributed by atoms with van der Waals surface area (Å²) < 4.78 is 5.40. The molecule has 1 aromatic carbocycles. The summed E-state index contributed by atoms with van der Waals surface area (Å²) in [6, 6.07) is 11.2. The van der Waals surface area contributed by atoms with E-state index < -0.39 is 0 Å². The van der Waals surface area contributed by atoms with Gasteiger partial charge in [-0.15, -0.1) is 11.3 Å². The first-order valence-electron chi connectivity index (χ1n) is 6.43. The van der Waals surface area contributed by atoms with Crippen LogP contribution in [0.25, 0.3) is 0 Å². The zero-order chi connectivity index (χ0) is 14.4. The number of anilines is 1. The molecule has 2 rings (SSSR count). The molecule has 0 aliphatic carbocycles. The summed E-state index contributed by atoms with van der Waals surface area (Å²) in [6.45, 7) is 1.98. The minimum Gasteiger partial charge on any atom is -0.484 e. The predicted molar refractivity (Wildman–Crippen MR) is 82.0 cm³/mol. The monoisotopic (exact) mass is 290 g/mol. The van der Waals surface area contributed by atoms with E-state index in [-0.39, 0.29) is 18.6 Å². The number of amides is 1. The molecule has 2 aromatic rings. The highest BCUT2D eigenvalue weighted by molar-refractivity contribution is 7.09. The van der Waals surface area contributed by atoms with Crippen LogP contribution in [0.4, 0.5) is 5.69 Å². The number of hydrogen-bond acceptors (Lipinski definition) is 4. The van der Waals surface area contributed by atoms with Gasteiger partial charge in [-0.05, 0) is 30.5 Å². The van der Waals surface area contributed by atoms with Gasteiger partial charge in [-0.25, -0.2) is 0 Å². The largest absolute Gasteiger partial charge is 0.484 e. The summed E-state index contributed by atoms with van der Waals surface area (Å²) in [6.07, 6.45) is 0.835. The number of benzene rings is 1. The molecule has 5 heteroatoms. The maximum Gasteiger partial charge on any atom is 0.258 e. The van der Waals surface area contributed by atoms with E-state index in [1.54, 1.807) is 35.6 Å². The summed E-state index contributed by atoms with van der Waals surface area (Å²) in [7, 11) is 0. The lowest BCUT2D eigenvalue weighted by molar-refractivity contribution is -0.123. The summed E-state index contributed by atoms with van der Waals surface area (Å²) >= 11 is 1.69. The topological polar surface area (TPSA) is 64.3 Å². The van der Waals surface area contributed by atoms with Gasteiger partial charge < -0.3 is 15.8 Å². The van der Waals surface area contributed by atoms with Crippen LogP contribution in [0.1, 0.15) is 11.8 Å². The minimum absolute atomic E-state index is 0.00175. The molecule has 0 fully saturated rings. The second kappa shape index (κ2) is 6.96. The van der Waals surface area contributed by atoms with Gasteiger partial charge in [0, 0.05) is 29.1 Å². The van der Waals surface area contributed by atoms with Crippen molar-refractivity contribution in [3.8, 4) is 5.75 Å². The van der Waals surface area contributed by atoms with Crippen molar-refractivity contribution < 1.29 is 9.53 Å². The van der Waals surface area contributed by atoms with E-state index in [2.05, 4.69) is 11.4 Å². The molecule has 0 radical (unpaired) electrons. The zero-order valence-corrected chi connectivity index (χ0v) is 12.2. The molecular formula is C15H18N2O2S. The van der Waals surface area contributed by atoms with Crippen molar-refractivity contribution in [2.45, 2.75) is 19.4 Å². The molecule has 0 saturated carbocycles. The molecule has 1 heterocycles. The Kier molecular flexibility index (Phi) is 5.01. The number of nitrogen functional groups attached to an aromatic ring is 1. The molecule has 4 nitrogen and oxygen atoms in total. The number of ether oxygens (including phenoxy) is 1. The highest BCUT2D eigenvalue weighted by Crippen LogP contribution is 2.14. The zero-order valence-electron chi connectivity index (χ0n) is 11.3. The fourth-order valence-corrected chi connectivity index (χ4v) is 2.69. The van der Waals surface area contributed by atoms with Gasteiger partial charge in [0.2, 0.25) is 0 Å². The summed E-state index contributed by atoms with van der Waals surface area (Å²) in [5.41, 5.74) is 6.26. The first kappa shape index (κ1) is 14.4. The van der Waals surface area contributed by atoms with Crippen LogP contribution < -0.4 is 15.8 Å². The highest BCUT2D eigenvalue weighted by Gasteiger charge is 2.09. The van der Waals surface area contributed by atoms with Crippen molar-refractivity contribution in [2.75, 3.05) is 12.3 Å². The normalized spacial score (nSPS) is 11.8. The second-order valence-electron chi connectivity index (χ2n) is 4.61. The average Bonchev–Trinajstić information content (AvgIpc) is 2.89. The predicted octanol–water partition coefficient (Wildman–Crippen LogP) is 2.46. The quantitative estimate of drug-likeness (QED) is 0.803. The van der Waals surface area contributed by atoms with E-state index >= 15 is 0 Å². The second-order valence-corrected chi connectivity index (χ2v) is 5.65. The van der Waals surface area contributed by atoms with Crippen LogP contribution in [-0.4, -0.2) is 18.6 Å². The third-order valence-electron chi connectivity index (χ3n) is 2.72. The lowest BCUT2D eigenvalue weighted by atomic mass is 10.2. The van der Waals surface area contributed by atoms with Crippen molar-refractivity contribution in [2.24, 2.45) is 0 Å². The Morgan fingerprint density at radius 1 is 1.40 bits per heavy atom. The van der Waals surface area contributed by atoms with Crippen LogP contribution in [0.5, 0.6) is 5.75 Å². The van der Waals surface area contributed by atoms with Crippen molar-refractivity contribution in [3.05, 3.63) is 46.7 Å². The Hall–Kier alpha value is -2.01. The number of nitrogens with one attached hydrogen (secondary N) is 1. The number of thiophene rings is 1. The lowest BCUT2D eigenvalue weighted by Crippen LogP contribution is -2.37. The van der Waals surface area contributed by atoms with Gasteiger partial charge >= 0.3 is 0 Å². The van der Waals surface area contributed by atoms with E-state index in [0.29, 0.717) is 11.4 Å². The van der Waals surface area contributed by atoms with Crippen LogP contribution in [0.2, 0.25) is 0 Å². The molecule has 106 valence electrons. The number of nitrogens with two attached hydrogens (primary N) is 1. The van der Waals surface area contributed by atoms with Crippen LogP contribution in [0, 0.1) is 0 Å². The fourth-order valence-electron chi connectivity index (χ4n) is 1.85. The molecule has 0 bridgehead atoms. The molecule has 1 unspecified atom stereocenters. The van der Waals surface area contributed by atoms with Crippen molar-refractivity contribution in [1.82, 2.24) is 5.32 Å². The summed E-state index contributed by atoms with van der Waals surface area (Å²) in [5.74, 6) is 0.475. The maximum atomic E-state index is 11.8. The van der Waals surface area contributed by atoms with Gasteiger partial charge in [-0.2, -0.15) is 0 Å². The Labute approximate surface area is 122 Å². The maximum absolute atomic E-state index is 11.8. The van der Waals surface area contributed by atoms with Gasteiger partial charge in [0.15, 0.2) is 6.61 Å². The van der Waals surface area contributed by atoms with Crippen molar-refractivity contribution in [3.63, 3.8) is 0 Å². The standard InChI is InChI=1S/C15H18N2O2S/c1-11(8-14-6-3-7-20-14)17-15(18)10-19-13-5-2-4-12(16)9-13/h2-7,9,11H,8,10,16H2,1H3,(H,17,18). The SMILES string of the molecule is CC(Cc1cccs1)NC(=O)COc1cccc(N)c1. The van der Waals surface area contributed by atoms with Crippen LogP contribution in [-0.2, 0) is 11.2 Å². The molecule has 1 atom stereocenters. The smallest absolute Gasteiger partial charge is 0.258 e. The molecule has 0 aliphatic heterocycles. The van der Waals surface area contributed by atoms with Crippen LogP contribution >= 0.6 is 11.3 Å². The third kappa shape index (κ3) is 4.59. The van der Waals surface area contributed by atoms with Gasteiger partial charge in [-0.3, -0.25) is 4.79 Å². The molecule has 1 aromatic heterocycles. The summed E-state index contributed by atoms with van der Waals surface area (Å²) in [4.78, 5) is 13.0. The van der Waals surface area contributed by atoms with E-state index in [1.807, 2.05) is 18.4 Å². The van der Waals surface area contributed by atoms with Gasteiger partial charge in [0.1, 0.15) is 5.75 Å².